The van der Waals surface area contributed by atoms with E-state index in [0.717, 1.165) is 29.7 Å². The molecule has 1 amide bonds. The molecule has 1 aliphatic rings. The van der Waals surface area contributed by atoms with Crippen molar-refractivity contribution in [2.24, 2.45) is 0 Å². The zero-order valence-electron chi connectivity index (χ0n) is 13.0. The van der Waals surface area contributed by atoms with Gasteiger partial charge in [-0.3, -0.25) is 9.59 Å². The zero-order chi connectivity index (χ0) is 16.4. The third-order valence-electron chi connectivity index (χ3n) is 4.18. The summed E-state index contributed by atoms with van der Waals surface area (Å²) in [6.45, 7) is 2.17. The van der Waals surface area contributed by atoms with E-state index < -0.39 is 0 Å². The van der Waals surface area contributed by atoms with Gasteiger partial charge in [-0.15, -0.1) is 0 Å². The monoisotopic (exact) mass is 311 g/mol. The van der Waals surface area contributed by atoms with E-state index in [-0.39, 0.29) is 23.9 Å². The maximum atomic E-state index is 13.0. The number of benzene rings is 2. The molecule has 1 aliphatic heterocycles. The summed E-state index contributed by atoms with van der Waals surface area (Å²) in [7, 11) is 0. The van der Waals surface area contributed by atoms with E-state index in [1.54, 1.807) is 23.1 Å². The highest BCUT2D eigenvalue weighted by Gasteiger charge is 2.23. The van der Waals surface area contributed by atoms with Crippen LogP contribution in [0.1, 0.15) is 34.8 Å². The summed E-state index contributed by atoms with van der Waals surface area (Å²) in [5.41, 5.74) is 3.32. The van der Waals surface area contributed by atoms with Crippen LogP contribution in [0, 0.1) is 5.82 Å². The van der Waals surface area contributed by atoms with Crippen LogP contribution < -0.4 is 4.90 Å². The first-order valence-corrected chi connectivity index (χ1v) is 7.73. The smallest absolute Gasteiger partial charge is 0.231 e. The molecule has 0 radical (unpaired) electrons. The van der Waals surface area contributed by atoms with Crippen LogP contribution in [0.5, 0.6) is 0 Å². The third kappa shape index (κ3) is 3.31. The average Bonchev–Trinajstić information content (AvgIpc) is 2.55. The van der Waals surface area contributed by atoms with Gasteiger partial charge in [0.25, 0.3) is 0 Å². The Morgan fingerprint density at radius 1 is 1.13 bits per heavy atom. The van der Waals surface area contributed by atoms with Crippen molar-refractivity contribution in [2.45, 2.75) is 26.2 Å². The van der Waals surface area contributed by atoms with Gasteiger partial charge in [0.05, 0.1) is 6.42 Å². The van der Waals surface area contributed by atoms with Gasteiger partial charge in [0.1, 0.15) is 5.82 Å². The molecule has 0 aliphatic carbocycles. The molecule has 118 valence electrons. The zero-order valence-corrected chi connectivity index (χ0v) is 13.0. The number of amides is 1. The second-order valence-electron chi connectivity index (χ2n) is 5.85. The van der Waals surface area contributed by atoms with Crippen molar-refractivity contribution in [3.05, 3.63) is 65.0 Å². The van der Waals surface area contributed by atoms with Gasteiger partial charge in [-0.1, -0.05) is 24.3 Å². The molecule has 0 aromatic heterocycles. The third-order valence-corrected chi connectivity index (χ3v) is 4.18. The summed E-state index contributed by atoms with van der Waals surface area (Å²) in [6.07, 6.45) is 2.04. The number of aryl methyl sites for hydroxylation is 1. The molecule has 0 N–H and O–H groups in total. The summed E-state index contributed by atoms with van der Waals surface area (Å²) in [6, 6.07) is 11.5. The van der Waals surface area contributed by atoms with Crippen LogP contribution in [0.3, 0.4) is 0 Å². The van der Waals surface area contributed by atoms with E-state index in [1.807, 2.05) is 12.1 Å². The number of halogens is 1. The lowest BCUT2D eigenvalue weighted by molar-refractivity contribution is -0.118. The van der Waals surface area contributed by atoms with Crippen LogP contribution in [0.2, 0.25) is 0 Å². The van der Waals surface area contributed by atoms with Crippen molar-refractivity contribution < 1.29 is 14.0 Å². The quantitative estimate of drug-likeness (QED) is 0.813. The fourth-order valence-corrected chi connectivity index (χ4v) is 2.92. The van der Waals surface area contributed by atoms with Crippen LogP contribution in [-0.2, 0) is 17.6 Å². The van der Waals surface area contributed by atoms with Crippen LogP contribution in [0.25, 0.3) is 0 Å². The summed E-state index contributed by atoms with van der Waals surface area (Å²) in [4.78, 5) is 26.0. The van der Waals surface area contributed by atoms with Gasteiger partial charge in [-0.2, -0.15) is 0 Å². The first-order valence-electron chi connectivity index (χ1n) is 7.73. The highest BCUT2D eigenvalue weighted by molar-refractivity contribution is 5.99. The fraction of sp³-hybridized carbons (Fsp3) is 0.263. The van der Waals surface area contributed by atoms with E-state index in [0.29, 0.717) is 12.1 Å². The van der Waals surface area contributed by atoms with Gasteiger partial charge in [0.2, 0.25) is 5.91 Å². The minimum absolute atomic E-state index is 0.00990. The minimum Gasteiger partial charge on any atom is -0.312 e. The Hall–Kier alpha value is -2.49. The lowest BCUT2D eigenvalue weighted by Crippen LogP contribution is -2.36. The SMILES string of the molecule is CC(=O)c1ccc2c(c1)N(C(=O)Cc1ccc(F)cc1)CCC2. The Morgan fingerprint density at radius 3 is 2.57 bits per heavy atom. The number of nitrogens with zero attached hydrogens (tertiary/aromatic N) is 1. The Balaban J connectivity index is 1.86. The topological polar surface area (TPSA) is 37.4 Å². The number of anilines is 1. The second kappa shape index (κ2) is 6.32. The van der Waals surface area contributed by atoms with Gasteiger partial charge in [0.15, 0.2) is 5.78 Å². The molecular weight excluding hydrogens is 293 g/mol. The average molecular weight is 311 g/mol. The molecule has 0 atom stereocenters. The van der Waals surface area contributed by atoms with E-state index in [9.17, 15) is 14.0 Å². The Bertz CT molecular complexity index is 752. The first-order chi connectivity index (χ1) is 11.0. The largest absolute Gasteiger partial charge is 0.312 e. The van der Waals surface area contributed by atoms with E-state index in [2.05, 4.69) is 0 Å². The molecule has 0 spiro atoms. The summed E-state index contributed by atoms with van der Waals surface area (Å²) in [5, 5.41) is 0. The Kier molecular flexibility index (Phi) is 4.24. The molecular formula is C19H18FNO2. The molecule has 2 aromatic rings. The van der Waals surface area contributed by atoms with Crippen molar-refractivity contribution in [3.8, 4) is 0 Å². The molecule has 4 heteroatoms. The number of carbonyl (C=O) groups is 2. The van der Waals surface area contributed by atoms with E-state index >= 15 is 0 Å². The number of ketones is 1. The highest BCUT2D eigenvalue weighted by atomic mass is 19.1. The van der Waals surface area contributed by atoms with Crippen molar-refractivity contribution in [2.75, 3.05) is 11.4 Å². The second-order valence-corrected chi connectivity index (χ2v) is 5.85. The molecule has 0 saturated carbocycles. The maximum Gasteiger partial charge on any atom is 0.231 e. The molecule has 0 saturated heterocycles. The minimum atomic E-state index is -0.310. The van der Waals surface area contributed by atoms with Crippen molar-refractivity contribution in [1.29, 1.82) is 0 Å². The summed E-state index contributed by atoms with van der Waals surface area (Å²) < 4.78 is 13.0. The van der Waals surface area contributed by atoms with Gasteiger partial charge in [-0.25, -0.2) is 4.39 Å². The number of carbonyl (C=O) groups excluding carboxylic acids is 2. The lowest BCUT2D eigenvalue weighted by atomic mass is 9.97. The number of fused-ring (bicyclic) bond motifs is 1. The molecule has 0 bridgehead atoms. The molecule has 2 aromatic carbocycles. The molecule has 3 rings (SSSR count). The first kappa shape index (κ1) is 15.4. The highest BCUT2D eigenvalue weighted by Crippen LogP contribution is 2.29. The Morgan fingerprint density at radius 2 is 1.87 bits per heavy atom. The fourth-order valence-electron chi connectivity index (χ4n) is 2.92. The molecule has 0 fully saturated rings. The predicted octanol–water partition coefficient (Wildman–Crippen LogP) is 3.55. The molecule has 0 unspecified atom stereocenters. The number of rotatable bonds is 3. The van der Waals surface area contributed by atoms with Crippen molar-refractivity contribution >= 4 is 17.4 Å². The molecule has 23 heavy (non-hydrogen) atoms. The van der Waals surface area contributed by atoms with Gasteiger partial charge >= 0.3 is 0 Å². The van der Waals surface area contributed by atoms with Crippen LogP contribution in [-0.4, -0.2) is 18.2 Å². The normalized spacial score (nSPS) is 13.6. The van der Waals surface area contributed by atoms with Crippen LogP contribution in [0.4, 0.5) is 10.1 Å². The van der Waals surface area contributed by atoms with Gasteiger partial charge in [-0.05, 0) is 49.1 Å². The van der Waals surface area contributed by atoms with Crippen molar-refractivity contribution in [1.82, 2.24) is 0 Å². The van der Waals surface area contributed by atoms with Gasteiger partial charge in [0, 0.05) is 17.8 Å². The summed E-state index contributed by atoms with van der Waals surface area (Å²) in [5.74, 6) is -0.349. The standard InChI is InChI=1S/C19H18FNO2/c1-13(22)16-7-6-15-3-2-10-21(18(15)12-16)19(23)11-14-4-8-17(20)9-5-14/h4-9,12H,2-3,10-11H2,1H3. The Labute approximate surface area is 134 Å². The number of hydrogen-bond acceptors (Lipinski definition) is 2. The maximum absolute atomic E-state index is 13.0. The number of hydrogen-bond donors (Lipinski definition) is 0. The number of Topliss-reactive ketones (excluding diaryl/α,β-unsaturated/α-hetero) is 1. The lowest BCUT2D eigenvalue weighted by Gasteiger charge is -2.30. The van der Waals surface area contributed by atoms with E-state index in [4.69, 9.17) is 0 Å². The van der Waals surface area contributed by atoms with Crippen LogP contribution in [0.15, 0.2) is 42.5 Å². The summed E-state index contributed by atoms with van der Waals surface area (Å²) >= 11 is 0. The van der Waals surface area contributed by atoms with Crippen molar-refractivity contribution in [3.63, 3.8) is 0 Å². The molecule has 3 nitrogen and oxygen atoms in total. The molecule has 1 heterocycles. The van der Waals surface area contributed by atoms with E-state index in [1.165, 1.54) is 19.1 Å². The van der Waals surface area contributed by atoms with Crippen LogP contribution >= 0.6 is 0 Å². The predicted molar refractivity (Wildman–Crippen MR) is 87.2 cm³/mol. The van der Waals surface area contributed by atoms with Gasteiger partial charge < -0.3 is 4.90 Å².